The van der Waals surface area contributed by atoms with Gasteiger partial charge in [0.2, 0.25) is 0 Å². The fourth-order valence-corrected chi connectivity index (χ4v) is 2.00. The molecule has 4 heteroatoms. The summed E-state index contributed by atoms with van der Waals surface area (Å²) in [5.41, 5.74) is 0. The van der Waals surface area contributed by atoms with Crippen LogP contribution in [0.5, 0.6) is 0 Å². The predicted molar refractivity (Wildman–Crippen MR) is 104 cm³/mol. The molecule has 0 aromatic carbocycles. The van der Waals surface area contributed by atoms with Crippen LogP contribution in [0.15, 0.2) is 25.3 Å². The molecule has 0 radical (unpaired) electrons. The molecule has 146 valence electrons. The fraction of sp³-hybridized carbons (Fsp3) is 0.714. The van der Waals surface area contributed by atoms with Gasteiger partial charge < -0.3 is 9.47 Å². The third kappa shape index (κ3) is 24.8. The van der Waals surface area contributed by atoms with Crippen LogP contribution >= 0.6 is 0 Å². The Bertz CT molecular complexity index is 348. The van der Waals surface area contributed by atoms with Gasteiger partial charge in [0.15, 0.2) is 0 Å². The average Bonchev–Trinajstić information content (AvgIpc) is 2.60. The molecule has 0 aliphatic rings. The number of rotatable bonds is 14. The normalized spacial score (nSPS) is 9.76. The van der Waals surface area contributed by atoms with Crippen LogP contribution in [0.4, 0.5) is 0 Å². The van der Waals surface area contributed by atoms with Gasteiger partial charge in [0.1, 0.15) is 0 Å². The van der Waals surface area contributed by atoms with Crippen molar-refractivity contribution in [3.63, 3.8) is 0 Å². The smallest absolute Gasteiger partial charge is 0.330 e. The van der Waals surface area contributed by atoms with E-state index in [1.54, 1.807) is 0 Å². The third-order valence-electron chi connectivity index (χ3n) is 3.50. The maximum Gasteiger partial charge on any atom is 0.330 e. The largest absolute Gasteiger partial charge is 0.463 e. The van der Waals surface area contributed by atoms with E-state index in [-0.39, 0.29) is 11.9 Å². The number of esters is 2. The van der Waals surface area contributed by atoms with Crippen molar-refractivity contribution < 1.29 is 19.1 Å². The first-order valence-corrected chi connectivity index (χ1v) is 9.56. The highest BCUT2D eigenvalue weighted by Gasteiger charge is 1.97. The summed E-state index contributed by atoms with van der Waals surface area (Å²) in [7, 11) is 0. The van der Waals surface area contributed by atoms with E-state index >= 15 is 0 Å². The Hall–Kier alpha value is -1.58. The molecule has 4 nitrogen and oxygen atoms in total. The van der Waals surface area contributed by atoms with Gasteiger partial charge in [0.05, 0.1) is 13.2 Å². The van der Waals surface area contributed by atoms with Crippen molar-refractivity contribution in [2.24, 2.45) is 5.92 Å². The second-order valence-corrected chi connectivity index (χ2v) is 6.40. The molecule has 0 aromatic rings. The molecule has 0 spiro atoms. The van der Waals surface area contributed by atoms with Gasteiger partial charge in [-0.25, -0.2) is 9.59 Å². The number of hydrogen-bond donors (Lipinski definition) is 0. The molecule has 0 fully saturated rings. The van der Waals surface area contributed by atoms with Gasteiger partial charge in [0.25, 0.3) is 0 Å². The summed E-state index contributed by atoms with van der Waals surface area (Å²) in [5.74, 6) is 0.105. The SMILES string of the molecule is C=CC(=O)OCCCCC(C)C.C=CC(=O)OCCCCCCCC. The minimum atomic E-state index is -0.320. The lowest BCUT2D eigenvalue weighted by molar-refractivity contribution is -0.138. The zero-order chi connectivity index (χ0) is 19.3. The molecular weight excluding hydrogens is 316 g/mol. The number of carbonyl (C=O) groups is 2. The van der Waals surface area contributed by atoms with E-state index in [0.29, 0.717) is 13.2 Å². The molecule has 0 atom stereocenters. The van der Waals surface area contributed by atoms with Gasteiger partial charge >= 0.3 is 11.9 Å². The van der Waals surface area contributed by atoms with Crippen molar-refractivity contribution >= 4 is 11.9 Å². The lowest BCUT2D eigenvalue weighted by atomic mass is 10.1. The molecule has 0 bridgehead atoms. The van der Waals surface area contributed by atoms with E-state index in [4.69, 9.17) is 9.47 Å². The average molecular weight is 355 g/mol. The molecule has 25 heavy (non-hydrogen) atoms. The van der Waals surface area contributed by atoms with Crippen molar-refractivity contribution in [2.45, 2.75) is 78.6 Å². The summed E-state index contributed by atoms with van der Waals surface area (Å²) in [6.07, 6.45) is 12.9. The standard InChI is InChI=1S/C11H20O2.C10H18O2/c1-3-5-6-7-8-9-10-13-11(12)4-2;1-4-10(11)12-8-6-5-7-9(2)3/h4H,2-3,5-10H2,1H3;4,9H,1,5-8H2,2-3H3. The number of hydrogen-bond acceptors (Lipinski definition) is 4. The Kier molecular flexibility index (Phi) is 21.0. The Morgan fingerprint density at radius 1 is 0.800 bits per heavy atom. The second kappa shape index (κ2) is 20.5. The molecule has 0 aromatic heterocycles. The summed E-state index contributed by atoms with van der Waals surface area (Å²) in [5, 5.41) is 0. The summed E-state index contributed by atoms with van der Waals surface area (Å²) in [6.45, 7) is 14.3. The lowest BCUT2D eigenvalue weighted by Crippen LogP contribution is -2.02. The van der Waals surface area contributed by atoms with Crippen LogP contribution in [-0.2, 0) is 19.1 Å². The molecule has 0 heterocycles. The minimum Gasteiger partial charge on any atom is -0.463 e. The first-order chi connectivity index (χ1) is 12.0. The highest BCUT2D eigenvalue weighted by molar-refractivity contribution is 5.81. The maximum atomic E-state index is 10.6. The summed E-state index contributed by atoms with van der Waals surface area (Å²) < 4.78 is 9.66. The van der Waals surface area contributed by atoms with Crippen LogP contribution in [0.1, 0.15) is 78.6 Å². The zero-order valence-electron chi connectivity index (χ0n) is 16.6. The van der Waals surface area contributed by atoms with Gasteiger partial charge in [-0.15, -0.1) is 0 Å². The predicted octanol–water partition coefficient (Wildman–Crippen LogP) is 5.62. The Labute approximate surface area is 154 Å². The Morgan fingerprint density at radius 3 is 1.68 bits per heavy atom. The minimum absolute atomic E-state index is 0.312. The molecule has 0 saturated heterocycles. The number of ether oxygens (including phenoxy) is 2. The molecule has 0 aliphatic heterocycles. The van der Waals surface area contributed by atoms with Crippen molar-refractivity contribution in [1.82, 2.24) is 0 Å². The summed E-state index contributed by atoms with van der Waals surface area (Å²) >= 11 is 0. The van der Waals surface area contributed by atoms with E-state index in [2.05, 4.69) is 33.9 Å². The van der Waals surface area contributed by atoms with Crippen molar-refractivity contribution in [3.8, 4) is 0 Å². The molecule has 0 unspecified atom stereocenters. The summed E-state index contributed by atoms with van der Waals surface area (Å²) in [4.78, 5) is 21.2. The van der Waals surface area contributed by atoms with E-state index in [1.165, 1.54) is 44.3 Å². The second-order valence-electron chi connectivity index (χ2n) is 6.40. The van der Waals surface area contributed by atoms with Gasteiger partial charge in [-0.1, -0.05) is 72.5 Å². The van der Waals surface area contributed by atoms with Crippen LogP contribution in [0, 0.1) is 5.92 Å². The summed E-state index contributed by atoms with van der Waals surface area (Å²) in [6, 6.07) is 0. The molecule has 0 rings (SSSR count). The van der Waals surface area contributed by atoms with Crippen LogP contribution in [0.2, 0.25) is 0 Å². The fourth-order valence-electron chi connectivity index (χ4n) is 2.00. The highest BCUT2D eigenvalue weighted by Crippen LogP contribution is 2.06. The van der Waals surface area contributed by atoms with Gasteiger partial charge in [0, 0.05) is 12.2 Å². The lowest BCUT2D eigenvalue weighted by Gasteiger charge is -2.04. The Morgan fingerprint density at radius 2 is 1.24 bits per heavy atom. The first-order valence-electron chi connectivity index (χ1n) is 9.56. The maximum absolute atomic E-state index is 10.6. The molecule has 0 amide bonds. The van der Waals surface area contributed by atoms with Gasteiger partial charge in [-0.05, 0) is 25.2 Å². The van der Waals surface area contributed by atoms with Crippen LogP contribution < -0.4 is 0 Å². The van der Waals surface area contributed by atoms with E-state index in [0.717, 1.165) is 31.6 Å². The number of unbranched alkanes of at least 4 members (excludes halogenated alkanes) is 6. The van der Waals surface area contributed by atoms with Crippen molar-refractivity contribution in [2.75, 3.05) is 13.2 Å². The monoisotopic (exact) mass is 354 g/mol. The van der Waals surface area contributed by atoms with Crippen molar-refractivity contribution in [1.29, 1.82) is 0 Å². The van der Waals surface area contributed by atoms with Crippen molar-refractivity contribution in [3.05, 3.63) is 25.3 Å². The van der Waals surface area contributed by atoms with E-state index < -0.39 is 0 Å². The highest BCUT2D eigenvalue weighted by atomic mass is 16.5. The Balaban J connectivity index is 0. The zero-order valence-corrected chi connectivity index (χ0v) is 16.6. The van der Waals surface area contributed by atoms with Gasteiger partial charge in [-0.2, -0.15) is 0 Å². The number of carbonyl (C=O) groups excluding carboxylic acids is 2. The topological polar surface area (TPSA) is 52.6 Å². The molecular formula is C21H38O4. The first kappa shape index (κ1) is 25.7. The van der Waals surface area contributed by atoms with Gasteiger partial charge in [-0.3, -0.25) is 0 Å². The van der Waals surface area contributed by atoms with Crippen LogP contribution in [0.3, 0.4) is 0 Å². The van der Waals surface area contributed by atoms with Crippen LogP contribution in [-0.4, -0.2) is 25.2 Å². The molecule has 0 saturated carbocycles. The quantitative estimate of drug-likeness (QED) is 0.231. The van der Waals surface area contributed by atoms with E-state index in [9.17, 15) is 9.59 Å². The molecule has 0 N–H and O–H groups in total. The van der Waals surface area contributed by atoms with Crippen LogP contribution in [0.25, 0.3) is 0 Å². The molecule has 0 aliphatic carbocycles. The van der Waals surface area contributed by atoms with E-state index in [1.807, 2.05) is 0 Å². The third-order valence-corrected chi connectivity index (χ3v) is 3.50.